The number of carbonyl (C=O) groups is 1. The van der Waals surface area contributed by atoms with Crippen molar-refractivity contribution in [2.45, 2.75) is 57.1 Å². The third-order valence-corrected chi connectivity index (χ3v) is 8.35. The molecule has 0 unspecified atom stereocenters. The van der Waals surface area contributed by atoms with Crippen molar-refractivity contribution in [2.75, 3.05) is 26.7 Å². The molecule has 2 aliphatic rings. The lowest BCUT2D eigenvalue weighted by atomic mass is 9.84. The van der Waals surface area contributed by atoms with Gasteiger partial charge < -0.3 is 14.7 Å². The summed E-state index contributed by atoms with van der Waals surface area (Å²) in [5.41, 5.74) is 0.837. The van der Waals surface area contributed by atoms with Gasteiger partial charge in [-0.3, -0.25) is 4.79 Å². The summed E-state index contributed by atoms with van der Waals surface area (Å²) in [6, 6.07) is 4.47. The predicted molar refractivity (Wildman–Crippen MR) is 120 cm³/mol. The Labute approximate surface area is 185 Å². The highest BCUT2D eigenvalue weighted by Crippen LogP contribution is 2.35. The summed E-state index contributed by atoms with van der Waals surface area (Å²) >= 11 is 0. The number of amides is 1. The van der Waals surface area contributed by atoms with E-state index in [9.17, 15) is 18.3 Å². The second kappa shape index (κ2) is 9.71. The average Bonchev–Trinajstić information content (AvgIpc) is 2.68. The molecule has 1 amide bonds. The van der Waals surface area contributed by atoms with E-state index >= 15 is 0 Å². The Bertz CT molecular complexity index is 926. The molecule has 1 aliphatic carbocycles. The topological polar surface area (TPSA) is 87.2 Å². The lowest BCUT2D eigenvalue weighted by molar-refractivity contribution is -0.138. The minimum absolute atomic E-state index is 0.0888. The van der Waals surface area contributed by atoms with E-state index in [0.29, 0.717) is 6.54 Å². The minimum atomic E-state index is -3.85. The highest BCUT2D eigenvalue weighted by molar-refractivity contribution is 7.89. The maximum Gasteiger partial charge on any atom is 0.247 e. The monoisotopic (exact) mass is 450 g/mol. The molecule has 1 N–H and O–H groups in total. The normalized spacial score (nSPS) is 25.1. The Hall–Kier alpha value is -1.90. The summed E-state index contributed by atoms with van der Waals surface area (Å²) < 4.78 is 34.5. The highest BCUT2D eigenvalue weighted by atomic mass is 32.2. The molecule has 1 aromatic rings. The van der Waals surface area contributed by atoms with Crippen molar-refractivity contribution in [2.24, 2.45) is 11.8 Å². The number of nitrogens with zero attached hydrogens (tertiary/aromatic N) is 2. The summed E-state index contributed by atoms with van der Waals surface area (Å²) in [6.07, 6.45) is 6.34. The molecule has 8 heteroatoms. The van der Waals surface area contributed by atoms with Gasteiger partial charge in [0, 0.05) is 31.5 Å². The Kier molecular flexibility index (Phi) is 7.44. The Morgan fingerprint density at radius 3 is 2.68 bits per heavy atom. The van der Waals surface area contributed by atoms with Gasteiger partial charge in [0.15, 0.2) is 0 Å². The van der Waals surface area contributed by atoms with Gasteiger partial charge in [0.2, 0.25) is 15.9 Å². The fraction of sp³-hybridized carbons (Fsp3) is 0.609. The van der Waals surface area contributed by atoms with Crippen molar-refractivity contribution in [1.82, 2.24) is 9.21 Å². The number of fused-ring (bicyclic) bond motifs is 1. The van der Waals surface area contributed by atoms with E-state index < -0.39 is 16.1 Å². The molecule has 1 saturated carbocycles. The molecule has 0 spiro atoms. The molecular formula is C23H34N2O5S. The van der Waals surface area contributed by atoms with Crippen molar-refractivity contribution < 1.29 is 23.1 Å². The first-order chi connectivity index (χ1) is 14.7. The van der Waals surface area contributed by atoms with Crippen LogP contribution in [0.3, 0.4) is 0 Å². The molecule has 0 bridgehead atoms. The SMILES string of the molecule is C/C=C/c1ccc2c(c1)O[C@H](CN(C)C(=O)C1CCC1)[C@@H](C)CN([C@H](C)CO)S2(=O)=O. The number of likely N-dealkylation sites (N-methyl/N-ethyl adjacent to an activating group) is 1. The van der Waals surface area contributed by atoms with E-state index in [-0.39, 0.29) is 47.6 Å². The van der Waals surface area contributed by atoms with Gasteiger partial charge in [-0.15, -0.1) is 0 Å². The molecule has 1 heterocycles. The number of aliphatic hydroxyl groups is 1. The van der Waals surface area contributed by atoms with Crippen LogP contribution in [0.2, 0.25) is 0 Å². The van der Waals surface area contributed by atoms with E-state index in [4.69, 9.17) is 4.74 Å². The number of ether oxygens (including phenoxy) is 1. The van der Waals surface area contributed by atoms with Crippen LogP contribution >= 0.6 is 0 Å². The largest absolute Gasteiger partial charge is 0.487 e. The molecule has 0 radical (unpaired) electrons. The molecule has 31 heavy (non-hydrogen) atoms. The lowest BCUT2D eigenvalue weighted by Gasteiger charge is -2.38. The van der Waals surface area contributed by atoms with Gasteiger partial charge in [-0.2, -0.15) is 4.31 Å². The number of benzene rings is 1. The van der Waals surface area contributed by atoms with E-state index in [2.05, 4.69) is 0 Å². The van der Waals surface area contributed by atoms with Gasteiger partial charge in [-0.1, -0.05) is 31.6 Å². The summed E-state index contributed by atoms with van der Waals surface area (Å²) in [4.78, 5) is 14.5. The standard InChI is InChI=1S/C23H34N2O5S/c1-5-7-18-10-11-22-20(12-18)30-21(14-24(4)23(27)19-8-6-9-19)16(2)13-25(17(3)15-26)31(22,28)29/h5,7,10-12,16-17,19,21,26H,6,8-9,13-15H2,1-4H3/b7-5+/t16-,17+,21+/m0/s1. The first-order valence-corrected chi connectivity index (χ1v) is 12.4. The van der Waals surface area contributed by atoms with E-state index in [1.165, 1.54) is 4.31 Å². The van der Waals surface area contributed by atoms with Crippen molar-refractivity contribution in [3.8, 4) is 5.75 Å². The fourth-order valence-electron chi connectivity index (χ4n) is 4.08. The number of hydrogen-bond acceptors (Lipinski definition) is 5. The molecule has 7 nitrogen and oxygen atoms in total. The molecule has 1 fully saturated rings. The van der Waals surface area contributed by atoms with Gasteiger partial charge in [0.1, 0.15) is 16.7 Å². The van der Waals surface area contributed by atoms with Crippen molar-refractivity contribution >= 4 is 22.0 Å². The zero-order valence-corrected chi connectivity index (χ0v) is 19.6. The Morgan fingerprint density at radius 1 is 1.39 bits per heavy atom. The number of rotatable bonds is 6. The molecule has 1 aromatic carbocycles. The van der Waals surface area contributed by atoms with Crippen LogP contribution in [-0.4, -0.2) is 67.5 Å². The second-order valence-electron chi connectivity index (χ2n) is 8.79. The molecule has 172 valence electrons. The second-order valence-corrected chi connectivity index (χ2v) is 10.7. The van der Waals surface area contributed by atoms with Gasteiger partial charge >= 0.3 is 0 Å². The first kappa shape index (κ1) is 23.8. The summed E-state index contributed by atoms with van der Waals surface area (Å²) in [7, 11) is -2.06. The van der Waals surface area contributed by atoms with Crippen LogP contribution in [0, 0.1) is 11.8 Å². The van der Waals surface area contributed by atoms with Gasteiger partial charge in [0.05, 0.1) is 13.2 Å². The van der Waals surface area contributed by atoms with Crippen LogP contribution in [0.4, 0.5) is 0 Å². The van der Waals surface area contributed by atoms with Gasteiger partial charge in [-0.25, -0.2) is 8.42 Å². The van der Waals surface area contributed by atoms with Crippen molar-refractivity contribution in [3.05, 3.63) is 29.8 Å². The molecule has 0 aromatic heterocycles. The van der Waals surface area contributed by atoms with E-state index in [1.807, 2.05) is 26.0 Å². The van der Waals surface area contributed by atoms with Gasteiger partial charge in [-0.05, 0) is 44.4 Å². The summed E-state index contributed by atoms with van der Waals surface area (Å²) in [5, 5.41) is 9.71. The zero-order chi connectivity index (χ0) is 22.8. The van der Waals surface area contributed by atoms with Crippen LogP contribution in [0.25, 0.3) is 6.08 Å². The van der Waals surface area contributed by atoms with Crippen LogP contribution in [-0.2, 0) is 14.8 Å². The van der Waals surface area contributed by atoms with Crippen LogP contribution in [0.1, 0.15) is 45.6 Å². The number of hydrogen-bond donors (Lipinski definition) is 1. The fourth-order valence-corrected chi connectivity index (χ4v) is 5.91. The molecule has 0 saturated heterocycles. The predicted octanol–water partition coefficient (Wildman–Crippen LogP) is 2.75. The van der Waals surface area contributed by atoms with E-state index in [0.717, 1.165) is 24.8 Å². The quantitative estimate of drug-likeness (QED) is 0.720. The molecule has 3 atom stereocenters. The Morgan fingerprint density at radius 2 is 2.10 bits per heavy atom. The van der Waals surface area contributed by atoms with Gasteiger partial charge in [0.25, 0.3) is 0 Å². The van der Waals surface area contributed by atoms with Crippen molar-refractivity contribution in [3.63, 3.8) is 0 Å². The van der Waals surface area contributed by atoms with Crippen LogP contribution < -0.4 is 4.74 Å². The maximum absolute atomic E-state index is 13.4. The molecule has 3 rings (SSSR count). The summed E-state index contributed by atoms with van der Waals surface area (Å²) in [5.74, 6) is 0.319. The van der Waals surface area contributed by atoms with Crippen LogP contribution in [0.15, 0.2) is 29.2 Å². The van der Waals surface area contributed by atoms with E-state index in [1.54, 1.807) is 37.1 Å². The van der Waals surface area contributed by atoms with Crippen LogP contribution in [0.5, 0.6) is 5.75 Å². The first-order valence-electron chi connectivity index (χ1n) is 11.0. The maximum atomic E-state index is 13.4. The molecular weight excluding hydrogens is 416 g/mol. The lowest BCUT2D eigenvalue weighted by Crippen LogP contribution is -2.50. The number of sulfonamides is 1. The smallest absolute Gasteiger partial charge is 0.247 e. The minimum Gasteiger partial charge on any atom is -0.487 e. The number of allylic oxidation sites excluding steroid dienone is 1. The highest BCUT2D eigenvalue weighted by Gasteiger charge is 2.39. The molecule has 1 aliphatic heterocycles. The zero-order valence-electron chi connectivity index (χ0n) is 18.8. The Balaban J connectivity index is 1.99. The number of aliphatic hydroxyl groups excluding tert-OH is 1. The summed E-state index contributed by atoms with van der Waals surface area (Å²) in [6.45, 7) is 5.83. The third kappa shape index (κ3) is 4.96. The third-order valence-electron chi connectivity index (χ3n) is 6.33. The average molecular weight is 451 g/mol. The van der Waals surface area contributed by atoms with Crippen molar-refractivity contribution in [1.29, 1.82) is 0 Å². The number of carbonyl (C=O) groups excluding carboxylic acids is 1.